The van der Waals surface area contributed by atoms with Crippen LogP contribution in [0.5, 0.6) is 0 Å². The third kappa shape index (κ3) is 3.46. The molecule has 0 saturated heterocycles. The molecular formula is C10H15NO2S. The summed E-state index contributed by atoms with van der Waals surface area (Å²) in [4.78, 5) is 15.3. The molecule has 0 amide bonds. The number of hydrogen-bond acceptors (Lipinski definition) is 4. The highest BCUT2D eigenvalue weighted by Crippen LogP contribution is 2.13. The number of esters is 1. The van der Waals surface area contributed by atoms with Crippen molar-refractivity contribution in [3.63, 3.8) is 0 Å². The highest BCUT2D eigenvalue weighted by Gasteiger charge is 2.04. The van der Waals surface area contributed by atoms with E-state index in [9.17, 15) is 4.79 Å². The molecule has 1 rings (SSSR count). The van der Waals surface area contributed by atoms with Gasteiger partial charge in [-0.1, -0.05) is 6.92 Å². The first-order valence-corrected chi connectivity index (χ1v) is 5.64. The van der Waals surface area contributed by atoms with Crippen molar-refractivity contribution in [3.05, 3.63) is 16.1 Å². The number of aromatic nitrogens is 1. The summed E-state index contributed by atoms with van der Waals surface area (Å²) in [6.07, 6.45) is 3.26. The first-order chi connectivity index (χ1) is 6.76. The Morgan fingerprint density at radius 3 is 3.00 bits per heavy atom. The fourth-order valence-corrected chi connectivity index (χ4v) is 2.06. The molecule has 1 aromatic heterocycles. The molecule has 0 fully saturated rings. The Morgan fingerprint density at radius 1 is 1.57 bits per heavy atom. The summed E-state index contributed by atoms with van der Waals surface area (Å²) in [6.45, 7) is 2.13. The zero-order valence-corrected chi connectivity index (χ0v) is 9.39. The summed E-state index contributed by atoms with van der Waals surface area (Å²) in [5.41, 5.74) is 1.00. The van der Waals surface area contributed by atoms with E-state index in [0.717, 1.165) is 23.5 Å². The molecular weight excluding hydrogens is 198 g/mol. The Hall–Kier alpha value is -0.900. The average molecular weight is 213 g/mol. The molecule has 0 aromatic carbocycles. The second-order valence-electron chi connectivity index (χ2n) is 3.06. The van der Waals surface area contributed by atoms with Gasteiger partial charge in [0.25, 0.3) is 0 Å². The summed E-state index contributed by atoms with van der Waals surface area (Å²) in [5.74, 6) is -0.171. The minimum Gasteiger partial charge on any atom is -0.469 e. The van der Waals surface area contributed by atoms with Gasteiger partial charge in [0, 0.05) is 11.8 Å². The average Bonchev–Trinajstić information content (AvgIpc) is 2.63. The van der Waals surface area contributed by atoms with Crippen molar-refractivity contribution in [2.45, 2.75) is 32.6 Å². The lowest BCUT2D eigenvalue weighted by Crippen LogP contribution is -2.02. The molecule has 1 heterocycles. The monoisotopic (exact) mass is 213 g/mol. The van der Waals surface area contributed by atoms with Gasteiger partial charge in [0.15, 0.2) is 0 Å². The maximum Gasteiger partial charge on any atom is 0.305 e. The first-order valence-electron chi connectivity index (χ1n) is 4.76. The normalized spacial score (nSPS) is 10.1. The number of rotatable bonds is 5. The SMILES string of the molecule is CCCc1nc(CCC(=O)OC)cs1. The van der Waals surface area contributed by atoms with E-state index >= 15 is 0 Å². The summed E-state index contributed by atoms with van der Waals surface area (Å²) in [5, 5.41) is 3.18. The minimum absolute atomic E-state index is 0.171. The largest absolute Gasteiger partial charge is 0.469 e. The van der Waals surface area contributed by atoms with Crippen molar-refractivity contribution in [3.8, 4) is 0 Å². The van der Waals surface area contributed by atoms with E-state index in [0.29, 0.717) is 12.8 Å². The lowest BCUT2D eigenvalue weighted by molar-refractivity contribution is -0.140. The molecule has 0 aliphatic heterocycles. The van der Waals surface area contributed by atoms with Crippen molar-refractivity contribution in [1.29, 1.82) is 0 Å². The molecule has 0 bridgehead atoms. The molecule has 0 N–H and O–H groups in total. The van der Waals surface area contributed by atoms with Crippen LogP contribution >= 0.6 is 11.3 Å². The van der Waals surface area contributed by atoms with Crippen LogP contribution in [-0.2, 0) is 22.4 Å². The number of nitrogens with zero attached hydrogens (tertiary/aromatic N) is 1. The maximum absolute atomic E-state index is 10.9. The number of carbonyl (C=O) groups is 1. The topological polar surface area (TPSA) is 39.2 Å². The molecule has 78 valence electrons. The molecule has 0 spiro atoms. The van der Waals surface area contributed by atoms with Gasteiger partial charge in [0.2, 0.25) is 0 Å². The van der Waals surface area contributed by atoms with Gasteiger partial charge in [-0.2, -0.15) is 0 Å². The van der Waals surface area contributed by atoms with E-state index in [1.54, 1.807) is 11.3 Å². The lowest BCUT2D eigenvalue weighted by atomic mass is 10.2. The molecule has 14 heavy (non-hydrogen) atoms. The van der Waals surface area contributed by atoms with Gasteiger partial charge in [0.05, 0.1) is 24.2 Å². The second kappa shape index (κ2) is 5.75. The van der Waals surface area contributed by atoms with Crippen LogP contribution in [0.1, 0.15) is 30.5 Å². The predicted octanol–water partition coefficient (Wildman–Crippen LogP) is 2.20. The van der Waals surface area contributed by atoms with E-state index in [1.165, 1.54) is 7.11 Å². The molecule has 0 aliphatic carbocycles. The number of carbonyl (C=O) groups excluding carboxylic acids is 1. The molecule has 0 atom stereocenters. The van der Waals surface area contributed by atoms with Gasteiger partial charge in [-0.25, -0.2) is 4.98 Å². The highest BCUT2D eigenvalue weighted by atomic mass is 32.1. The standard InChI is InChI=1S/C10H15NO2S/c1-3-4-9-11-8(7-14-9)5-6-10(12)13-2/h7H,3-6H2,1-2H3. The number of hydrogen-bond donors (Lipinski definition) is 0. The van der Waals surface area contributed by atoms with E-state index in [-0.39, 0.29) is 5.97 Å². The lowest BCUT2D eigenvalue weighted by Gasteiger charge is -1.95. The Morgan fingerprint density at radius 2 is 2.36 bits per heavy atom. The van der Waals surface area contributed by atoms with Crippen molar-refractivity contribution in [1.82, 2.24) is 4.98 Å². The summed E-state index contributed by atoms with van der Waals surface area (Å²) >= 11 is 1.67. The quantitative estimate of drug-likeness (QED) is 0.704. The molecule has 0 saturated carbocycles. The van der Waals surface area contributed by atoms with Gasteiger partial charge in [-0.05, 0) is 12.8 Å². The number of aryl methyl sites for hydroxylation is 2. The summed E-state index contributed by atoms with van der Waals surface area (Å²) in [6, 6.07) is 0. The number of thiazole rings is 1. The van der Waals surface area contributed by atoms with Gasteiger partial charge in [-0.15, -0.1) is 11.3 Å². The first kappa shape index (κ1) is 11.2. The van der Waals surface area contributed by atoms with Crippen LogP contribution in [0.4, 0.5) is 0 Å². The fourth-order valence-electron chi connectivity index (χ4n) is 1.12. The minimum atomic E-state index is -0.171. The van der Waals surface area contributed by atoms with Gasteiger partial charge < -0.3 is 4.74 Å². The van der Waals surface area contributed by atoms with Crippen molar-refractivity contribution in [2.75, 3.05) is 7.11 Å². The van der Waals surface area contributed by atoms with Crippen LogP contribution in [0, 0.1) is 0 Å². The molecule has 0 unspecified atom stereocenters. The summed E-state index contributed by atoms with van der Waals surface area (Å²) < 4.78 is 4.56. The number of methoxy groups -OCH3 is 1. The third-order valence-electron chi connectivity index (χ3n) is 1.88. The van der Waals surface area contributed by atoms with Crippen LogP contribution in [0.3, 0.4) is 0 Å². The van der Waals surface area contributed by atoms with Gasteiger partial charge in [-0.3, -0.25) is 4.79 Å². The summed E-state index contributed by atoms with van der Waals surface area (Å²) in [7, 11) is 1.41. The Balaban J connectivity index is 2.39. The molecule has 1 aromatic rings. The van der Waals surface area contributed by atoms with Crippen molar-refractivity contribution < 1.29 is 9.53 Å². The molecule has 0 radical (unpaired) electrons. The Labute approximate surface area is 88.1 Å². The van der Waals surface area contributed by atoms with Crippen molar-refractivity contribution in [2.24, 2.45) is 0 Å². The number of ether oxygens (including phenoxy) is 1. The van der Waals surface area contributed by atoms with E-state index in [1.807, 2.05) is 5.38 Å². The van der Waals surface area contributed by atoms with E-state index < -0.39 is 0 Å². The van der Waals surface area contributed by atoms with E-state index in [2.05, 4.69) is 16.6 Å². The predicted molar refractivity (Wildman–Crippen MR) is 56.4 cm³/mol. The van der Waals surface area contributed by atoms with Gasteiger partial charge in [0.1, 0.15) is 0 Å². The van der Waals surface area contributed by atoms with E-state index in [4.69, 9.17) is 0 Å². The van der Waals surface area contributed by atoms with Crippen molar-refractivity contribution >= 4 is 17.3 Å². The molecule has 4 heteroatoms. The zero-order valence-electron chi connectivity index (χ0n) is 8.58. The third-order valence-corrected chi connectivity index (χ3v) is 2.83. The van der Waals surface area contributed by atoms with Crippen LogP contribution in [-0.4, -0.2) is 18.1 Å². The molecule has 3 nitrogen and oxygen atoms in total. The zero-order chi connectivity index (χ0) is 10.4. The maximum atomic E-state index is 10.9. The second-order valence-corrected chi connectivity index (χ2v) is 4.00. The van der Waals surface area contributed by atoms with Crippen LogP contribution < -0.4 is 0 Å². The van der Waals surface area contributed by atoms with Gasteiger partial charge >= 0.3 is 5.97 Å². The fraction of sp³-hybridized carbons (Fsp3) is 0.600. The Bertz CT molecular complexity index is 296. The molecule has 0 aliphatic rings. The van der Waals surface area contributed by atoms with Crippen LogP contribution in [0.25, 0.3) is 0 Å². The highest BCUT2D eigenvalue weighted by molar-refractivity contribution is 7.09. The van der Waals surface area contributed by atoms with Crippen LogP contribution in [0.2, 0.25) is 0 Å². The smallest absolute Gasteiger partial charge is 0.305 e. The Kier molecular flexibility index (Phi) is 4.59. The van der Waals surface area contributed by atoms with Crippen LogP contribution in [0.15, 0.2) is 5.38 Å².